The molecule has 0 unspecified atom stereocenters. The molecule has 0 bridgehead atoms. The molecule has 136 valence electrons. The summed E-state index contributed by atoms with van der Waals surface area (Å²) >= 11 is 0. The largest absolute Gasteiger partial charge is 0.497 e. The zero-order chi connectivity index (χ0) is 18.4. The van der Waals surface area contributed by atoms with Crippen LogP contribution in [0.4, 0.5) is 5.82 Å². The fourth-order valence-corrected chi connectivity index (χ4v) is 2.59. The highest BCUT2D eigenvalue weighted by atomic mass is 16.5. The molecule has 1 aromatic heterocycles. The molecule has 0 radical (unpaired) electrons. The number of methoxy groups -OCH3 is 2. The number of anilines is 1. The predicted molar refractivity (Wildman–Crippen MR) is 95.0 cm³/mol. The van der Waals surface area contributed by atoms with E-state index >= 15 is 0 Å². The van der Waals surface area contributed by atoms with Gasteiger partial charge in [0.25, 0.3) is 0 Å². The van der Waals surface area contributed by atoms with Crippen molar-refractivity contribution in [2.75, 3.05) is 19.5 Å². The van der Waals surface area contributed by atoms with Crippen LogP contribution in [0.3, 0.4) is 0 Å². The van der Waals surface area contributed by atoms with Crippen molar-refractivity contribution in [1.82, 2.24) is 10.5 Å². The maximum absolute atomic E-state index is 12.5. The van der Waals surface area contributed by atoms with Gasteiger partial charge in [0.15, 0.2) is 5.82 Å². The molecule has 2 atom stereocenters. The number of aryl methyl sites for hydroxylation is 1. The Balaban J connectivity index is 2.11. The van der Waals surface area contributed by atoms with E-state index in [4.69, 9.17) is 14.0 Å². The van der Waals surface area contributed by atoms with Gasteiger partial charge in [-0.2, -0.15) is 0 Å². The van der Waals surface area contributed by atoms with Gasteiger partial charge < -0.3 is 19.3 Å². The first-order chi connectivity index (χ1) is 12.0. The second kappa shape index (κ2) is 8.53. The Morgan fingerprint density at radius 1 is 1.28 bits per heavy atom. The number of hydrogen-bond donors (Lipinski definition) is 2. The highest BCUT2D eigenvalue weighted by Gasteiger charge is 2.22. The van der Waals surface area contributed by atoms with Gasteiger partial charge in [-0.3, -0.25) is 10.1 Å². The first kappa shape index (κ1) is 18.8. The van der Waals surface area contributed by atoms with Crippen LogP contribution in [0.5, 0.6) is 11.5 Å². The maximum atomic E-state index is 12.5. The molecule has 2 N–H and O–H groups in total. The number of hydrogen-bond acceptors (Lipinski definition) is 6. The zero-order valence-electron chi connectivity index (χ0n) is 15.3. The molecule has 2 rings (SSSR count). The fraction of sp³-hybridized carbons (Fsp3) is 0.444. The summed E-state index contributed by atoms with van der Waals surface area (Å²) in [5.41, 5.74) is 0.922. The highest BCUT2D eigenvalue weighted by molar-refractivity contribution is 5.94. The Hall–Kier alpha value is -2.54. The molecular weight excluding hydrogens is 322 g/mol. The molecule has 0 aliphatic heterocycles. The molecule has 7 nitrogen and oxygen atoms in total. The van der Waals surface area contributed by atoms with Gasteiger partial charge in [-0.1, -0.05) is 12.1 Å². The number of aromatic nitrogens is 1. The van der Waals surface area contributed by atoms with Gasteiger partial charge in [-0.05, 0) is 38.5 Å². The van der Waals surface area contributed by atoms with Crippen LogP contribution in [0.15, 0.2) is 28.8 Å². The summed E-state index contributed by atoms with van der Waals surface area (Å²) in [6.07, 6.45) is 0.624. The molecule has 1 heterocycles. The second-order valence-corrected chi connectivity index (χ2v) is 5.77. The SMILES string of the molecule is CC[C@H](N[C@H](C)c1cc(OC)ccc1OC)C(=O)Nc1cc(C)on1. The van der Waals surface area contributed by atoms with Gasteiger partial charge in [0.05, 0.1) is 20.3 Å². The fourth-order valence-electron chi connectivity index (χ4n) is 2.59. The Bertz CT molecular complexity index is 714. The predicted octanol–water partition coefficient (Wildman–Crippen LogP) is 3.07. The van der Waals surface area contributed by atoms with Crippen LogP contribution >= 0.6 is 0 Å². The number of amides is 1. The van der Waals surface area contributed by atoms with Crippen molar-refractivity contribution < 1.29 is 18.8 Å². The lowest BCUT2D eigenvalue weighted by molar-refractivity contribution is -0.118. The van der Waals surface area contributed by atoms with E-state index in [0.29, 0.717) is 18.0 Å². The Morgan fingerprint density at radius 3 is 2.60 bits per heavy atom. The van der Waals surface area contributed by atoms with Gasteiger partial charge in [-0.15, -0.1) is 0 Å². The molecule has 0 fully saturated rings. The monoisotopic (exact) mass is 347 g/mol. The summed E-state index contributed by atoms with van der Waals surface area (Å²) in [6, 6.07) is 6.78. The third-order valence-corrected chi connectivity index (χ3v) is 3.96. The lowest BCUT2D eigenvalue weighted by Gasteiger charge is -2.23. The van der Waals surface area contributed by atoms with E-state index in [9.17, 15) is 4.79 Å². The van der Waals surface area contributed by atoms with Crippen LogP contribution in [0, 0.1) is 6.92 Å². The van der Waals surface area contributed by atoms with Crippen molar-refractivity contribution >= 4 is 11.7 Å². The maximum Gasteiger partial charge on any atom is 0.242 e. The Morgan fingerprint density at radius 2 is 2.04 bits per heavy atom. The Labute approximate surface area is 147 Å². The van der Waals surface area contributed by atoms with Gasteiger partial charge in [0.2, 0.25) is 5.91 Å². The molecule has 0 aliphatic carbocycles. The quantitative estimate of drug-likeness (QED) is 0.763. The first-order valence-corrected chi connectivity index (χ1v) is 8.20. The molecule has 7 heteroatoms. The summed E-state index contributed by atoms with van der Waals surface area (Å²) < 4.78 is 15.7. The van der Waals surface area contributed by atoms with Crippen molar-refractivity contribution in [3.63, 3.8) is 0 Å². The lowest BCUT2D eigenvalue weighted by atomic mass is 10.0. The molecular formula is C18H25N3O4. The molecule has 0 spiro atoms. The number of nitrogens with zero attached hydrogens (tertiary/aromatic N) is 1. The summed E-state index contributed by atoms with van der Waals surface area (Å²) in [5, 5.41) is 9.88. The number of benzene rings is 1. The van der Waals surface area contributed by atoms with Crippen molar-refractivity contribution in [2.45, 2.75) is 39.3 Å². The van der Waals surface area contributed by atoms with Crippen LogP contribution in [-0.4, -0.2) is 31.3 Å². The normalized spacial score (nSPS) is 13.2. The number of carbonyl (C=O) groups excluding carboxylic acids is 1. The van der Waals surface area contributed by atoms with Crippen molar-refractivity contribution in [3.8, 4) is 11.5 Å². The lowest BCUT2D eigenvalue weighted by Crippen LogP contribution is -2.41. The van der Waals surface area contributed by atoms with Crippen LogP contribution < -0.4 is 20.1 Å². The average molecular weight is 347 g/mol. The molecule has 0 aliphatic rings. The van der Waals surface area contributed by atoms with Crippen LogP contribution in [0.1, 0.15) is 37.6 Å². The summed E-state index contributed by atoms with van der Waals surface area (Å²) in [5.74, 6) is 2.37. The van der Waals surface area contributed by atoms with E-state index in [1.165, 1.54) is 0 Å². The third kappa shape index (κ3) is 4.73. The molecule has 2 aromatic rings. The van der Waals surface area contributed by atoms with E-state index in [1.807, 2.05) is 32.0 Å². The summed E-state index contributed by atoms with van der Waals surface area (Å²) in [7, 11) is 3.24. The van der Waals surface area contributed by atoms with E-state index in [0.717, 1.165) is 17.1 Å². The van der Waals surface area contributed by atoms with Gasteiger partial charge in [-0.25, -0.2) is 0 Å². The topological polar surface area (TPSA) is 85.6 Å². The standard InChI is InChI=1S/C18H25N3O4/c1-6-15(18(22)20-17-9-11(2)25-21-17)19-12(3)14-10-13(23-4)7-8-16(14)24-5/h7-10,12,15,19H,6H2,1-5H3,(H,20,21,22)/t12-,15+/m1/s1. The number of ether oxygens (including phenoxy) is 2. The van der Waals surface area contributed by atoms with Crippen molar-refractivity contribution in [3.05, 3.63) is 35.6 Å². The van der Waals surface area contributed by atoms with Crippen LogP contribution in [0.2, 0.25) is 0 Å². The summed E-state index contributed by atoms with van der Waals surface area (Å²) in [4.78, 5) is 12.5. The van der Waals surface area contributed by atoms with Crippen molar-refractivity contribution in [1.29, 1.82) is 0 Å². The van der Waals surface area contributed by atoms with Gasteiger partial charge in [0.1, 0.15) is 17.3 Å². The van der Waals surface area contributed by atoms with E-state index in [1.54, 1.807) is 27.2 Å². The molecule has 1 aromatic carbocycles. The van der Waals surface area contributed by atoms with Gasteiger partial charge in [0, 0.05) is 17.7 Å². The van der Waals surface area contributed by atoms with E-state index in [2.05, 4.69) is 15.8 Å². The minimum Gasteiger partial charge on any atom is -0.497 e. The molecule has 25 heavy (non-hydrogen) atoms. The number of nitrogens with one attached hydrogen (secondary N) is 2. The smallest absolute Gasteiger partial charge is 0.242 e. The van der Waals surface area contributed by atoms with Crippen LogP contribution in [-0.2, 0) is 4.79 Å². The van der Waals surface area contributed by atoms with Crippen LogP contribution in [0.25, 0.3) is 0 Å². The average Bonchev–Trinajstić information content (AvgIpc) is 3.03. The third-order valence-electron chi connectivity index (χ3n) is 3.96. The number of rotatable bonds is 8. The van der Waals surface area contributed by atoms with E-state index < -0.39 is 0 Å². The second-order valence-electron chi connectivity index (χ2n) is 5.77. The molecule has 1 amide bonds. The minimum atomic E-state index is -0.386. The Kier molecular flexibility index (Phi) is 6.41. The van der Waals surface area contributed by atoms with E-state index in [-0.39, 0.29) is 18.0 Å². The number of carbonyl (C=O) groups is 1. The zero-order valence-corrected chi connectivity index (χ0v) is 15.3. The first-order valence-electron chi connectivity index (χ1n) is 8.20. The van der Waals surface area contributed by atoms with Crippen molar-refractivity contribution in [2.24, 2.45) is 0 Å². The summed E-state index contributed by atoms with van der Waals surface area (Å²) in [6.45, 7) is 5.70. The van der Waals surface area contributed by atoms with Gasteiger partial charge >= 0.3 is 0 Å². The molecule has 0 saturated heterocycles. The molecule has 0 saturated carbocycles. The minimum absolute atomic E-state index is 0.111. The highest BCUT2D eigenvalue weighted by Crippen LogP contribution is 2.29.